The molecule has 0 spiro atoms. The van der Waals surface area contributed by atoms with Crippen LogP contribution >= 0.6 is 0 Å². The van der Waals surface area contributed by atoms with Crippen LogP contribution in [0.15, 0.2) is 237 Å². The summed E-state index contributed by atoms with van der Waals surface area (Å²) < 4.78 is 0. The molecule has 1 heteroatoms. The highest BCUT2D eigenvalue weighted by Crippen LogP contribution is 2.64. The Labute approximate surface area is 399 Å². The molecule has 0 aliphatic heterocycles. The predicted octanol–water partition coefficient (Wildman–Crippen LogP) is 17.4. The normalized spacial score (nSPS) is 16.9. The zero-order chi connectivity index (χ0) is 45.1. The van der Waals surface area contributed by atoms with E-state index >= 15 is 0 Å². The zero-order valence-electron chi connectivity index (χ0n) is 38.3. The van der Waals surface area contributed by atoms with E-state index in [1.807, 2.05) is 0 Å². The lowest BCUT2D eigenvalue weighted by Gasteiger charge is -2.33. The summed E-state index contributed by atoms with van der Waals surface area (Å²) in [5.74, 6) is 1.19. The van der Waals surface area contributed by atoms with Gasteiger partial charge in [0.15, 0.2) is 0 Å². The monoisotopic (exact) mass is 867 g/mol. The molecule has 4 aliphatic rings. The van der Waals surface area contributed by atoms with E-state index in [9.17, 15) is 0 Å². The number of benzene rings is 10. The zero-order valence-corrected chi connectivity index (χ0v) is 38.3. The fourth-order valence-electron chi connectivity index (χ4n) is 12.9. The van der Waals surface area contributed by atoms with Gasteiger partial charge < -0.3 is 4.90 Å². The molecule has 4 aliphatic carbocycles. The van der Waals surface area contributed by atoms with Crippen LogP contribution in [0, 0.1) is 0 Å². The molecule has 1 nitrogen and oxygen atoms in total. The quantitative estimate of drug-likeness (QED) is 0.154. The van der Waals surface area contributed by atoms with E-state index in [2.05, 4.69) is 255 Å². The van der Waals surface area contributed by atoms with E-state index < -0.39 is 5.41 Å². The van der Waals surface area contributed by atoms with E-state index in [0.717, 1.165) is 17.1 Å². The Morgan fingerprint density at radius 2 is 0.897 bits per heavy atom. The summed E-state index contributed by atoms with van der Waals surface area (Å²) in [6.07, 6.45) is 1.23. The highest BCUT2D eigenvalue weighted by Gasteiger charge is 2.47. The van der Waals surface area contributed by atoms with Crippen LogP contribution < -0.4 is 4.90 Å². The predicted molar refractivity (Wildman–Crippen MR) is 282 cm³/mol. The van der Waals surface area contributed by atoms with Crippen LogP contribution in [0.2, 0.25) is 0 Å². The lowest BCUT2D eigenvalue weighted by atomic mass is 9.67. The van der Waals surface area contributed by atoms with Gasteiger partial charge in [0.1, 0.15) is 0 Å². The third kappa shape index (κ3) is 5.63. The minimum Gasteiger partial charge on any atom is -0.310 e. The summed E-state index contributed by atoms with van der Waals surface area (Å²) in [6.45, 7) is 4.75. The first-order valence-electron chi connectivity index (χ1n) is 24.3. The van der Waals surface area contributed by atoms with E-state index in [1.54, 1.807) is 0 Å². The van der Waals surface area contributed by atoms with Gasteiger partial charge in [0.2, 0.25) is 0 Å². The van der Waals surface area contributed by atoms with Gasteiger partial charge in [-0.25, -0.2) is 0 Å². The van der Waals surface area contributed by atoms with Gasteiger partial charge in [-0.3, -0.25) is 0 Å². The number of fused-ring (bicyclic) bond motifs is 12. The topological polar surface area (TPSA) is 3.24 Å². The molecule has 1 saturated carbocycles. The number of hydrogen-bond acceptors (Lipinski definition) is 1. The Hall–Kier alpha value is -8.00. The fraction of sp³-hybridized carbons (Fsp3) is 0.104. The van der Waals surface area contributed by atoms with Gasteiger partial charge >= 0.3 is 0 Å². The van der Waals surface area contributed by atoms with Gasteiger partial charge in [-0.15, -0.1) is 0 Å². The minimum atomic E-state index is -0.415. The van der Waals surface area contributed by atoms with Crippen LogP contribution in [-0.2, 0) is 10.8 Å². The molecule has 1 fully saturated rings. The van der Waals surface area contributed by atoms with Gasteiger partial charge in [0.25, 0.3) is 0 Å². The lowest BCUT2D eigenvalue weighted by molar-refractivity contribution is 0.660. The van der Waals surface area contributed by atoms with Crippen LogP contribution in [0.3, 0.4) is 0 Å². The Kier molecular flexibility index (Phi) is 8.50. The van der Waals surface area contributed by atoms with E-state index in [0.29, 0.717) is 11.8 Å². The Morgan fingerprint density at radius 1 is 0.338 bits per heavy atom. The maximum absolute atomic E-state index is 2.48. The van der Waals surface area contributed by atoms with Crippen molar-refractivity contribution in [3.63, 3.8) is 0 Å². The van der Waals surface area contributed by atoms with Crippen molar-refractivity contribution in [3.05, 3.63) is 281 Å². The van der Waals surface area contributed by atoms with Crippen molar-refractivity contribution in [2.75, 3.05) is 4.90 Å². The Morgan fingerprint density at radius 3 is 1.66 bits per heavy atom. The molecular formula is C67H49N. The van der Waals surface area contributed by atoms with Crippen molar-refractivity contribution in [1.82, 2.24) is 0 Å². The summed E-state index contributed by atoms with van der Waals surface area (Å²) in [5, 5.41) is 0. The molecule has 0 bridgehead atoms. The van der Waals surface area contributed by atoms with Gasteiger partial charge in [-0.2, -0.15) is 0 Å². The first-order chi connectivity index (χ1) is 33.5. The fourth-order valence-corrected chi connectivity index (χ4v) is 12.9. The first kappa shape index (κ1) is 39.2. The van der Waals surface area contributed by atoms with Crippen LogP contribution in [0.4, 0.5) is 17.1 Å². The van der Waals surface area contributed by atoms with E-state index in [-0.39, 0.29) is 5.41 Å². The van der Waals surface area contributed by atoms with Crippen LogP contribution in [0.25, 0.3) is 55.6 Å². The van der Waals surface area contributed by atoms with E-state index in [4.69, 9.17) is 0 Å². The third-order valence-corrected chi connectivity index (χ3v) is 16.1. The lowest BCUT2D eigenvalue weighted by Crippen LogP contribution is -2.28. The highest BCUT2D eigenvalue weighted by atomic mass is 15.1. The van der Waals surface area contributed by atoms with Crippen molar-refractivity contribution in [2.24, 2.45) is 0 Å². The van der Waals surface area contributed by atoms with Gasteiger partial charge in [0, 0.05) is 22.5 Å². The third-order valence-electron chi connectivity index (χ3n) is 16.1. The van der Waals surface area contributed by atoms with Crippen molar-refractivity contribution >= 4 is 17.1 Å². The summed E-state index contributed by atoms with van der Waals surface area (Å²) in [6, 6.07) is 89.0. The average Bonchev–Trinajstić information content (AvgIpc) is 4.11. The van der Waals surface area contributed by atoms with E-state index in [1.165, 1.54) is 107 Å². The molecule has 322 valence electrons. The summed E-state index contributed by atoms with van der Waals surface area (Å²) in [4.78, 5) is 2.48. The molecule has 14 rings (SSSR count). The minimum absolute atomic E-state index is 0.121. The molecule has 10 aromatic rings. The van der Waals surface area contributed by atoms with Gasteiger partial charge in [-0.1, -0.05) is 208 Å². The SMILES string of the molecule is CC1(C)c2ccccc2-c2ccc(N(c3ccc(-c4ccc5c(c4)-c4ccccc4C5(c4ccccc4)c4ccccc4)cc3)c3cccc(-c4cccc5c4C4CC4c4ccccc4-5)c3)cc21. The molecule has 0 amide bonds. The number of nitrogens with zero attached hydrogens (tertiary/aromatic N) is 1. The molecule has 68 heavy (non-hydrogen) atoms. The Bertz CT molecular complexity index is 3600. The number of anilines is 3. The van der Waals surface area contributed by atoms with Crippen molar-refractivity contribution in [3.8, 4) is 55.6 Å². The summed E-state index contributed by atoms with van der Waals surface area (Å²) >= 11 is 0. The standard InChI is InChI=1S/C67H49N/c1-66(2)61-29-13-11-25-54(61)56-37-36-50(41-64(56)66)68(49-22-15-17-45(39-49)51-27-16-28-57-52-23-9-10-24-53(52)58-42-60(58)65(51)57)48-34-31-43(32-35-48)44-33-38-63-59(40-44)55-26-12-14-30-62(55)67(63,46-18-5-3-6-19-46)47-20-7-4-8-21-47/h3-41,58,60H,42H2,1-2H3. The molecule has 10 aromatic carbocycles. The first-order valence-corrected chi connectivity index (χ1v) is 24.3. The van der Waals surface area contributed by atoms with Crippen LogP contribution in [-0.4, -0.2) is 0 Å². The van der Waals surface area contributed by atoms with Crippen molar-refractivity contribution in [2.45, 2.75) is 42.9 Å². The smallest absolute Gasteiger partial charge is 0.0713 e. The van der Waals surface area contributed by atoms with Crippen molar-refractivity contribution in [1.29, 1.82) is 0 Å². The van der Waals surface area contributed by atoms with Crippen LogP contribution in [0.1, 0.15) is 76.6 Å². The molecule has 2 atom stereocenters. The Balaban J connectivity index is 0.896. The molecular weight excluding hydrogens is 819 g/mol. The highest BCUT2D eigenvalue weighted by molar-refractivity contribution is 5.91. The maximum atomic E-state index is 2.48. The second-order valence-electron chi connectivity index (χ2n) is 19.9. The molecule has 0 saturated heterocycles. The van der Waals surface area contributed by atoms with Crippen LogP contribution in [0.5, 0.6) is 0 Å². The van der Waals surface area contributed by atoms with Gasteiger partial charge in [-0.05, 0) is 161 Å². The molecule has 0 N–H and O–H groups in total. The molecule has 2 unspecified atom stereocenters. The van der Waals surface area contributed by atoms with Gasteiger partial charge in [0.05, 0.1) is 5.41 Å². The average molecular weight is 868 g/mol. The molecule has 0 aromatic heterocycles. The second kappa shape index (κ2) is 14.8. The number of rotatable bonds is 7. The molecule has 0 radical (unpaired) electrons. The summed E-state index contributed by atoms with van der Waals surface area (Å²) in [7, 11) is 0. The largest absolute Gasteiger partial charge is 0.310 e. The maximum Gasteiger partial charge on any atom is 0.0713 e. The summed E-state index contributed by atoms with van der Waals surface area (Å²) in [5.41, 5.74) is 27.0. The second-order valence-corrected chi connectivity index (χ2v) is 19.9. The van der Waals surface area contributed by atoms with Crippen molar-refractivity contribution < 1.29 is 0 Å². The number of hydrogen-bond donors (Lipinski definition) is 0. The molecule has 0 heterocycles.